The molecule has 1 heterocycles. The van der Waals surface area contributed by atoms with Crippen molar-refractivity contribution in [1.29, 1.82) is 0 Å². The Kier molecular flexibility index (Phi) is 3.73. The molecule has 0 spiro atoms. The molecule has 0 fully saturated rings. The van der Waals surface area contributed by atoms with Crippen LogP contribution < -0.4 is 10.2 Å². The number of thiophene rings is 1. The van der Waals surface area contributed by atoms with Gasteiger partial charge in [-0.05, 0) is 33.9 Å². The van der Waals surface area contributed by atoms with Crippen LogP contribution in [-0.4, -0.2) is 17.2 Å². The molecule has 0 saturated carbocycles. The SMILES string of the molecule is OB(O)c1ccc(OCc2ccccc2)c2sccc12. The van der Waals surface area contributed by atoms with E-state index in [9.17, 15) is 10.0 Å². The summed E-state index contributed by atoms with van der Waals surface area (Å²) >= 11 is 1.53. The van der Waals surface area contributed by atoms with Crippen LogP contribution >= 0.6 is 11.3 Å². The maximum Gasteiger partial charge on any atom is 0.489 e. The third-order valence-corrected chi connectivity index (χ3v) is 4.06. The molecule has 0 aliphatic carbocycles. The molecule has 0 aliphatic rings. The van der Waals surface area contributed by atoms with Gasteiger partial charge in [-0.1, -0.05) is 36.4 Å². The number of ether oxygens (including phenoxy) is 1. The van der Waals surface area contributed by atoms with Gasteiger partial charge >= 0.3 is 7.12 Å². The van der Waals surface area contributed by atoms with Gasteiger partial charge in [0.15, 0.2) is 0 Å². The van der Waals surface area contributed by atoms with Crippen molar-refractivity contribution in [2.24, 2.45) is 0 Å². The lowest BCUT2D eigenvalue weighted by molar-refractivity contribution is 0.310. The number of benzene rings is 2. The van der Waals surface area contributed by atoms with E-state index < -0.39 is 7.12 Å². The average Bonchev–Trinajstić information content (AvgIpc) is 2.95. The predicted molar refractivity (Wildman–Crippen MR) is 82.4 cm³/mol. The van der Waals surface area contributed by atoms with Crippen molar-refractivity contribution in [3.8, 4) is 5.75 Å². The molecular weight excluding hydrogens is 271 g/mol. The van der Waals surface area contributed by atoms with E-state index in [1.165, 1.54) is 11.3 Å². The largest absolute Gasteiger partial charge is 0.489 e. The summed E-state index contributed by atoms with van der Waals surface area (Å²) in [6.07, 6.45) is 0. The number of fused-ring (bicyclic) bond motifs is 1. The van der Waals surface area contributed by atoms with E-state index in [2.05, 4.69) is 0 Å². The molecule has 2 N–H and O–H groups in total. The molecule has 0 unspecified atom stereocenters. The third-order valence-electron chi connectivity index (χ3n) is 3.13. The highest BCUT2D eigenvalue weighted by Crippen LogP contribution is 2.30. The van der Waals surface area contributed by atoms with Crippen LogP contribution in [-0.2, 0) is 6.61 Å². The average molecular weight is 284 g/mol. The van der Waals surface area contributed by atoms with Gasteiger partial charge < -0.3 is 14.8 Å². The van der Waals surface area contributed by atoms with E-state index in [0.29, 0.717) is 12.1 Å². The zero-order chi connectivity index (χ0) is 13.9. The zero-order valence-electron chi connectivity index (χ0n) is 10.7. The predicted octanol–water partition coefficient (Wildman–Crippen LogP) is 2.16. The van der Waals surface area contributed by atoms with E-state index >= 15 is 0 Å². The van der Waals surface area contributed by atoms with E-state index in [-0.39, 0.29) is 0 Å². The Labute approximate surface area is 121 Å². The normalized spacial score (nSPS) is 10.7. The maximum absolute atomic E-state index is 9.36. The van der Waals surface area contributed by atoms with Crippen molar-refractivity contribution in [3.63, 3.8) is 0 Å². The number of hydrogen-bond donors (Lipinski definition) is 2. The topological polar surface area (TPSA) is 49.7 Å². The summed E-state index contributed by atoms with van der Waals surface area (Å²) in [5, 5.41) is 21.5. The quantitative estimate of drug-likeness (QED) is 0.722. The van der Waals surface area contributed by atoms with Gasteiger partial charge in [0.05, 0.1) is 4.70 Å². The molecule has 0 aliphatic heterocycles. The second-order valence-corrected chi connectivity index (χ2v) is 5.38. The van der Waals surface area contributed by atoms with Gasteiger partial charge in [-0.3, -0.25) is 0 Å². The van der Waals surface area contributed by atoms with Crippen LogP contribution in [0.5, 0.6) is 5.75 Å². The smallest absolute Gasteiger partial charge is 0.487 e. The lowest BCUT2D eigenvalue weighted by Crippen LogP contribution is -2.30. The third kappa shape index (κ3) is 2.56. The molecule has 100 valence electrons. The van der Waals surface area contributed by atoms with Gasteiger partial charge in [-0.25, -0.2) is 0 Å². The highest BCUT2D eigenvalue weighted by Gasteiger charge is 2.17. The second-order valence-electron chi connectivity index (χ2n) is 4.46. The first-order valence-corrected chi connectivity index (χ1v) is 7.16. The lowest BCUT2D eigenvalue weighted by Gasteiger charge is -2.09. The monoisotopic (exact) mass is 284 g/mol. The van der Waals surface area contributed by atoms with Crippen molar-refractivity contribution in [3.05, 3.63) is 59.5 Å². The standard InChI is InChI=1S/C15H13BO3S/c17-16(18)13-6-7-14(15-12(13)8-9-20-15)19-10-11-4-2-1-3-5-11/h1-9,17-18H,10H2. The fourth-order valence-electron chi connectivity index (χ4n) is 2.13. The Bertz CT molecular complexity index is 709. The van der Waals surface area contributed by atoms with Gasteiger partial charge in [0.1, 0.15) is 12.4 Å². The highest BCUT2D eigenvalue weighted by molar-refractivity contribution is 7.17. The van der Waals surface area contributed by atoms with Crippen molar-refractivity contribution in [2.45, 2.75) is 6.61 Å². The first kappa shape index (κ1) is 13.2. The molecule has 5 heteroatoms. The maximum atomic E-state index is 9.36. The van der Waals surface area contributed by atoms with Gasteiger partial charge in [-0.15, -0.1) is 11.3 Å². The van der Waals surface area contributed by atoms with E-state index in [4.69, 9.17) is 4.74 Å². The number of hydrogen-bond acceptors (Lipinski definition) is 4. The van der Waals surface area contributed by atoms with E-state index in [1.54, 1.807) is 12.1 Å². The van der Waals surface area contributed by atoms with Crippen LogP contribution in [0.15, 0.2) is 53.9 Å². The summed E-state index contributed by atoms with van der Waals surface area (Å²) in [4.78, 5) is 0. The Balaban J connectivity index is 1.89. The van der Waals surface area contributed by atoms with Crippen molar-refractivity contribution < 1.29 is 14.8 Å². The minimum absolute atomic E-state index is 0.495. The van der Waals surface area contributed by atoms with Crippen LogP contribution in [0, 0.1) is 0 Å². The first-order chi connectivity index (χ1) is 9.75. The Morgan fingerprint density at radius 1 is 1.00 bits per heavy atom. The van der Waals surface area contributed by atoms with Crippen molar-refractivity contribution in [2.75, 3.05) is 0 Å². The van der Waals surface area contributed by atoms with Crippen LogP contribution in [0.3, 0.4) is 0 Å². The summed E-state index contributed by atoms with van der Waals surface area (Å²) in [6, 6.07) is 15.3. The first-order valence-electron chi connectivity index (χ1n) is 6.28. The fourth-order valence-corrected chi connectivity index (χ4v) is 3.03. The lowest BCUT2D eigenvalue weighted by atomic mass is 9.78. The van der Waals surface area contributed by atoms with Crippen LogP contribution in [0.25, 0.3) is 10.1 Å². The molecule has 3 rings (SSSR count). The zero-order valence-corrected chi connectivity index (χ0v) is 11.5. The number of rotatable bonds is 4. The molecule has 0 saturated heterocycles. The minimum Gasteiger partial charge on any atom is -0.487 e. The Morgan fingerprint density at radius 2 is 1.80 bits per heavy atom. The second kappa shape index (κ2) is 5.67. The minimum atomic E-state index is -1.46. The Morgan fingerprint density at radius 3 is 2.55 bits per heavy atom. The summed E-state index contributed by atoms with van der Waals surface area (Å²) < 4.78 is 6.78. The highest BCUT2D eigenvalue weighted by atomic mass is 32.1. The molecule has 3 nitrogen and oxygen atoms in total. The molecule has 2 aromatic carbocycles. The molecule has 0 amide bonds. The van der Waals surface area contributed by atoms with E-state index in [0.717, 1.165) is 21.4 Å². The van der Waals surface area contributed by atoms with Crippen molar-refractivity contribution >= 4 is 34.0 Å². The molecule has 3 aromatic rings. The molecule has 0 atom stereocenters. The van der Waals surface area contributed by atoms with E-state index in [1.807, 2.05) is 41.8 Å². The van der Waals surface area contributed by atoms with Gasteiger partial charge in [-0.2, -0.15) is 0 Å². The van der Waals surface area contributed by atoms with Crippen LogP contribution in [0.2, 0.25) is 0 Å². The summed E-state index contributed by atoms with van der Waals surface area (Å²) in [5.74, 6) is 0.767. The van der Waals surface area contributed by atoms with Crippen LogP contribution in [0.1, 0.15) is 5.56 Å². The van der Waals surface area contributed by atoms with Gasteiger partial charge in [0.2, 0.25) is 0 Å². The van der Waals surface area contributed by atoms with Crippen molar-refractivity contribution in [1.82, 2.24) is 0 Å². The Hall–Kier alpha value is -1.82. The van der Waals surface area contributed by atoms with Gasteiger partial charge in [0, 0.05) is 0 Å². The molecule has 0 radical (unpaired) electrons. The fraction of sp³-hybridized carbons (Fsp3) is 0.0667. The van der Waals surface area contributed by atoms with Gasteiger partial charge in [0.25, 0.3) is 0 Å². The molecular formula is C15H13BO3S. The summed E-state index contributed by atoms with van der Waals surface area (Å²) in [6.45, 7) is 0.495. The molecule has 20 heavy (non-hydrogen) atoms. The summed E-state index contributed by atoms with van der Waals surface area (Å²) in [7, 11) is -1.46. The molecule has 0 bridgehead atoms. The summed E-state index contributed by atoms with van der Waals surface area (Å²) in [5.41, 5.74) is 1.61. The molecule has 1 aromatic heterocycles. The van der Waals surface area contributed by atoms with Crippen LogP contribution in [0.4, 0.5) is 0 Å².